The van der Waals surface area contributed by atoms with Gasteiger partial charge in [-0.2, -0.15) is 0 Å². The van der Waals surface area contributed by atoms with Crippen LogP contribution in [-0.2, 0) is 12.8 Å². The average Bonchev–Trinajstić information content (AvgIpc) is 3.30. The van der Waals surface area contributed by atoms with Crippen LogP contribution in [0.2, 0.25) is 0 Å². The number of fused-ring (bicyclic) bond motifs is 3. The van der Waals surface area contributed by atoms with Gasteiger partial charge in [-0.15, -0.1) is 21.6 Å². The van der Waals surface area contributed by atoms with E-state index in [0.29, 0.717) is 40.5 Å². The molecule has 0 spiro atoms. The van der Waals surface area contributed by atoms with E-state index in [4.69, 9.17) is 9.47 Å². The number of aromatic hydroxyl groups is 1. The minimum Gasteiger partial charge on any atom is -0.493 e. The van der Waals surface area contributed by atoms with Gasteiger partial charge in [0.25, 0.3) is 0 Å². The number of azo groups is 1. The van der Waals surface area contributed by atoms with E-state index in [1.807, 2.05) is 6.07 Å². The number of benzene rings is 1. The maximum Gasteiger partial charge on any atom is 0.305 e. The van der Waals surface area contributed by atoms with Crippen molar-refractivity contribution in [2.24, 2.45) is 10.2 Å². The van der Waals surface area contributed by atoms with Crippen molar-refractivity contribution in [2.45, 2.75) is 19.3 Å². The molecule has 2 aliphatic rings. The van der Waals surface area contributed by atoms with Crippen molar-refractivity contribution in [3.05, 3.63) is 33.5 Å². The van der Waals surface area contributed by atoms with Crippen molar-refractivity contribution in [3.63, 3.8) is 0 Å². The van der Waals surface area contributed by atoms with E-state index < -0.39 is 5.91 Å². The van der Waals surface area contributed by atoms with Gasteiger partial charge >= 0.3 is 5.91 Å². The van der Waals surface area contributed by atoms with Gasteiger partial charge in [0.1, 0.15) is 13.2 Å². The number of ether oxygens (including phenoxy) is 2. The molecule has 1 aliphatic heterocycles. The summed E-state index contributed by atoms with van der Waals surface area (Å²) in [5.74, 6) is 0.654. The largest absolute Gasteiger partial charge is 0.493 e. The number of aromatic nitrogens is 1. The van der Waals surface area contributed by atoms with Gasteiger partial charge in [-0.1, -0.05) is 0 Å². The summed E-state index contributed by atoms with van der Waals surface area (Å²) in [6.07, 6.45) is 3.20. The monoisotopic (exact) mass is 369 g/mol. The van der Waals surface area contributed by atoms with Crippen molar-refractivity contribution < 1.29 is 19.4 Å². The molecule has 3 heterocycles. The number of rotatable bonds is 2. The lowest BCUT2D eigenvalue weighted by Gasteiger charge is -2.17. The van der Waals surface area contributed by atoms with Gasteiger partial charge in [0, 0.05) is 16.3 Å². The summed E-state index contributed by atoms with van der Waals surface area (Å²) in [5, 5.41) is 18.6. The maximum atomic E-state index is 12.3. The van der Waals surface area contributed by atoms with Crippen LogP contribution >= 0.6 is 11.3 Å². The molecule has 0 atom stereocenters. The molecule has 2 aromatic heterocycles. The molecule has 26 heavy (non-hydrogen) atoms. The van der Waals surface area contributed by atoms with Gasteiger partial charge < -0.3 is 19.6 Å². The molecule has 0 saturated heterocycles. The van der Waals surface area contributed by atoms with Crippen molar-refractivity contribution in [1.29, 1.82) is 0 Å². The number of hydrogen-bond acceptors (Lipinski definition) is 6. The molecule has 0 radical (unpaired) electrons. The second kappa shape index (κ2) is 5.84. The summed E-state index contributed by atoms with van der Waals surface area (Å²) in [6.45, 7) is 0.949. The summed E-state index contributed by atoms with van der Waals surface area (Å²) < 4.78 is 11.1. The van der Waals surface area contributed by atoms with E-state index in [1.54, 1.807) is 12.1 Å². The smallest absolute Gasteiger partial charge is 0.305 e. The predicted octanol–water partition coefficient (Wildman–Crippen LogP) is 4.12. The molecular formula is C18H15N3O4S. The number of H-pyrrole nitrogens is 1. The lowest BCUT2D eigenvalue weighted by Crippen LogP contribution is -2.15. The minimum absolute atomic E-state index is 0.146. The SMILES string of the molecule is O=C(N=Nc1c(O)[nH]c2cc3c(cc12)OCCO3)c1cc2c(s1)CCC2. The van der Waals surface area contributed by atoms with Gasteiger partial charge in [-0.05, 0) is 37.0 Å². The fraction of sp³-hybridized carbons (Fsp3) is 0.278. The van der Waals surface area contributed by atoms with Crippen molar-refractivity contribution in [2.75, 3.05) is 13.2 Å². The van der Waals surface area contributed by atoms with Crippen LogP contribution in [0.4, 0.5) is 5.69 Å². The molecular weight excluding hydrogens is 354 g/mol. The highest BCUT2D eigenvalue weighted by Gasteiger charge is 2.20. The number of hydrogen-bond donors (Lipinski definition) is 2. The minimum atomic E-state index is -0.393. The molecule has 1 amide bonds. The van der Waals surface area contributed by atoms with Gasteiger partial charge in [0.05, 0.1) is 10.4 Å². The summed E-state index contributed by atoms with van der Waals surface area (Å²) in [4.78, 5) is 17.0. The third-order valence-electron chi connectivity index (χ3n) is 4.61. The first-order valence-corrected chi connectivity index (χ1v) is 9.22. The highest BCUT2D eigenvalue weighted by atomic mass is 32.1. The predicted molar refractivity (Wildman–Crippen MR) is 96.1 cm³/mol. The first-order valence-electron chi connectivity index (χ1n) is 8.41. The third-order valence-corrected chi connectivity index (χ3v) is 5.84. The number of thiophene rings is 1. The zero-order valence-corrected chi connectivity index (χ0v) is 14.6. The molecule has 0 saturated carbocycles. The number of aromatic amines is 1. The van der Waals surface area contributed by atoms with Crippen molar-refractivity contribution >= 4 is 33.8 Å². The topological polar surface area (TPSA) is 96.3 Å². The standard InChI is InChI=1S/C18H15N3O4S/c22-17(15-6-9-2-1-3-14(9)26-15)21-20-16-10-7-12-13(25-5-4-24-12)8-11(10)19-18(16)23/h6-8,19,23H,1-5H2. The first kappa shape index (κ1) is 15.4. The van der Waals surface area contributed by atoms with E-state index >= 15 is 0 Å². The molecule has 5 rings (SSSR count). The Labute approximate surface area is 152 Å². The van der Waals surface area contributed by atoms with Crippen LogP contribution in [-0.4, -0.2) is 29.2 Å². The van der Waals surface area contributed by atoms with Crippen LogP contribution in [0.3, 0.4) is 0 Å². The Hall–Kier alpha value is -2.87. The van der Waals surface area contributed by atoms with Gasteiger partial charge in [0.15, 0.2) is 17.2 Å². The second-order valence-corrected chi connectivity index (χ2v) is 7.42. The van der Waals surface area contributed by atoms with Crippen molar-refractivity contribution in [3.8, 4) is 17.4 Å². The van der Waals surface area contributed by atoms with E-state index in [9.17, 15) is 9.90 Å². The third kappa shape index (κ3) is 2.45. The quantitative estimate of drug-likeness (QED) is 0.664. The molecule has 0 bridgehead atoms. The number of nitrogens with zero attached hydrogens (tertiary/aromatic N) is 2. The van der Waals surface area contributed by atoms with E-state index in [2.05, 4.69) is 15.2 Å². The summed E-state index contributed by atoms with van der Waals surface area (Å²) in [5.41, 5.74) is 2.10. The Bertz CT molecular complexity index is 1040. The second-order valence-electron chi connectivity index (χ2n) is 6.28. The molecule has 3 aromatic rings. The Morgan fingerprint density at radius 2 is 1.96 bits per heavy atom. The van der Waals surface area contributed by atoms with Crippen LogP contribution in [0.1, 0.15) is 26.5 Å². The van der Waals surface area contributed by atoms with Crippen LogP contribution < -0.4 is 9.47 Å². The molecule has 1 aromatic carbocycles. The number of carbonyl (C=O) groups is 1. The molecule has 2 N–H and O–H groups in total. The molecule has 1 aliphatic carbocycles. The highest BCUT2D eigenvalue weighted by Crippen LogP contribution is 2.42. The lowest BCUT2D eigenvalue weighted by atomic mass is 10.2. The van der Waals surface area contributed by atoms with Gasteiger partial charge in [-0.3, -0.25) is 4.79 Å². The van der Waals surface area contributed by atoms with Crippen LogP contribution in [0.5, 0.6) is 17.4 Å². The fourth-order valence-corrected chi connectivity index (χ4v) is 4.52. The Morgan fingerprint density at radius 3 is 2.77 bits per heavy atom. The molecule has 132 valence electrons. The van der Waals surface area contributed by atoms with Crippen LogP contribution in [0.25, 0.3) is 10.9 Å². The number of carbonyl (C=O) groups excluding carboxylic acids is 1. The molecule has 8 heteroatoms. The molecule has 0 fully saturated rings. The van der Waals surface area contributed by atoms with E-state index in [1.165, 1.54) is 21.8 Å². The number of nitrogens with one attached hydrogen (secondary N) is 1. The Morgan fingerprint density at radius 1 is 1.15 bits per heavy atom. The zero-order valence-electron chi connectivity index (χ0n) is 13.7. The van der Waals surface area contributed by atoms with E-state index in [0.717, 1.165) is 19.3 Å². The van der Waals surface area contributed by atoms with Crippen LogP contribution in [0, 0.1) is 0 Å². The Balaban J connectivity index is 1.49. The normalized spacial score (nSPS) is 15.7. The lowest BCUT2D eigenvalue weighted by molar-refractivity contribution is 0.0999. The Kier molecular flexibility index (Phi) is 3.46. The summed E-state index contributed by atoms with van der Waals surface area (Å²) >= 11 is 1.48. The summed E-state index contributed by atoms with van der Waals surface area (Å²) in [7, 11) is 0. The summed E-state index contributed by atoms with van der Waals surface area (Å²) in [6, 6.07) is 5.39. The van der Waals surface area contributed by atoms with Crippen molar-refractivity contribution in [1.82, 2.24) is 4.98 Å². The van der Waals surface area contributed by atoms with Gasteiger partial charge in [-0.25, -0.2) is 0 Å². The number of aryl methyl sites for hydroxylation is 2. The first-order chi connectivity index (χ1) is 12.7. The molecule has 0 unspecified atom stereocenters. The molecule has 7 nitrogen and oxygen atoms in total. The van der Waals surface area contributed by atoms with Gasteiger partial charge in [0.2, 0.25) is 5.88 Å². The zero-order chi connectivity index (χ0) is 17.7. The average molecular weight is 369 g/mol. The van der Waals surface area contributed by atoms with E-state index in [-0.39, 0.29) is 11.6 Å². The highest BCUT2D eigenvalue weighted by molar-refractivity contribution is 7.14. The fourth-order valence-electron chi connectivity index (χ4n) is 3.38. The maximum absolute atomic E-state index is 12.3. The van der Waals surface area contributed by atoms with Crippen LogP contribution in [0.15, 0.2) is 28.4 Å². The number of amides is 1.